The molecule has 5 nitrogen and oxygen atoms in total. The molecule has 0 fully saturated rings. The quantitative estimate of drug-likeness (QED) is 0.578. The lowest BCUT2D eigenvalue weighted by molar-refractivity contribution is -0.137. The molecule has 2 heterocycles. The fourth-order valence-electron chi connectivity index (χ4n) is 1.90. The number of aromatic nitrogens is 3. The first kappa shape index (κ1) is 16.0. The zero-order valence-corrected chi connectivity index (χ0v) is 14.1. The normalized spacial score (nSPS) is 10.8. The molecule has 0 aliphatic carbocycles. The van der Waals surface area contributed by atoms with E-state index in [0.717, 1.165) is 35.9 Å². The largest absolute Gasteiger partial charge is 0.468 e. The number of esters is 1. The predicted molar refractivity (Wildman–Crippen MR) is 85.7 cm³/mol. The van der Waals surface area contributed by atoms with Crippen LogP contribution in [0.25, 0.3) is 11.4 Å². The number of ether oxygens (including phenoxy) is 1. The second-order valence-corrected chi connectivity index (χ2v) is 6.42. The summed E-state index contributed by atoms with van der Waals surface area (Å²) in [5.74, 6) is 0.874. The van der Waals surface area contributed by atoms with Gasteiger partial charge in [-0.25, -0.2) is 0 Å². The number of carbonyl (C=O) groups is 1. The first-order valence-electron chi connectivity index (χ1n) is 6.90. The smallest absolute Gasteiger partial charge is 0.316 e. The molecular formula is C14H19N3O2S2. The third-order valence-corrected chi connectivity index (χ3v) is 4.99. The molecule has 0 bridgehead atoms. The highest BCUT2D eigenvalue weighted by molar-refractivity contribution is 7.99. The summed E-state index contributed by atoms with van der Waals surface area (Å²) >= 11 is 3.11. The van der Waals surface area contributed by atoms with Crippen LogP contribution in [0.3, 0.4) is 0 Å². The van der Waals surface area contributed by atoms with E-state index in [9.17, 15) is 4.79 Å². The predicted octanol–water partition coefficient (Wildman–Crippen LogP) is 3.24. The Morgan fingerprint density at radius 3 is 2.86 bits per heavy atom. The standard InChI is InChI=1S/C14H19N3O2S2/c1-4-6-17-13(10-7-11(5-2)20-8-10)15-16-14(17)21-9-12(18)19-3/h7-8H,4-6,9H2,1-3H3. The van der Waals surface area contributed by atoms with Crippen LogP contribution in [0.5, 0.6) is 0 Å². The zero-order chi connectivity index (χ0) is 15.2. The van der Waals surface area contributed by atoms with Gasteiger partial charge in [-0.2, -0.15) is 0 Å². The SMILES string of the molecule is CCCn1c(SCC(=O)OC)nnc1-c1csc(CC)c1. The maximum Gasteiger partial charge on any atom is 0.316 e. The zero-order valence-electron chi connectivity index (χ0n) is 12.5. The Kier molecular flexibility index (Phi) is 5.81. The lowest BCUT2D eigenvalue weighted by atomic mass is 10.2. The third kappa shape index (κ3) is 3.85. The van der Waals surface area contributed by atoms with Crippen molar-refractivity contribution < 1.29 is 9.53 Å². The molecule has 0 aliphatic rings. The van der Waals surface area contributed by atoms with Crippen molar-refractivity contribution in [2.24, 2.45) is 0 Å². The van der Waals surface area contributed by atoms with Gasteiger partial charge in [0.05, 0.1) is 12.9 Å². The van der Waals surface area contributed by atoms with Crippen molar-refractivity contribution in [2.45, 2.75) is 38.4 Å². The summed E-state index contributed by atoms with van der Waals surface area (Å²) in [5, 5.41) is 11.4. The molecule has 0 N–H and O–H groups in total. The molecule has 0 aliphatic heterocycles. The van der Waals surface area contributed by atoms with Crippen LogP contribution >= 0.6 is 23.1 Å². The molecule has 0 saturated carbocycles. The summed E-state index contributed by atoms with van der Waals surface area (Å²) in [6.45, 7) is 5.09. The Balaban J connectivity index is 2.25. The second-order valence-electron chi connectivity index (χ2n) is 4.48. The van der Waals surface area contributed by atoms with Crippen molar-refractivity contribution in [3.05, 3.63) is 16.3 Å². The van der Waals surface area contributed by atoms with Gasteiger partial charge in [0.25, 0.3) is 0 Å². The Morgan fingerprint density at radius 1 is 1.43 bits per heavy atom. The van der Waals surface area contributed by atoms with Gasteiger partial charge in [0, 0.05) is 22.4 Å². The van der Waals surface area contributed by atoms with Gasteiger partial charge in [-0.05, 0) is 18.9 Å². The number of aryl methyl sites for hydroxylation is 1. The number of thiophene rings is 1. The molecule has 2 aromatic heterocycles. The highest BCUT2D eigenvalue weighted by atomic mass is 32.2. The molecule has 0 spiro atoms. The minimum atomic E-state index is -0.253. The molecule has 114 valence electrons. The molecule has 2 aromatic rings. The summed E-state index contributed by atoms with van der Waals surface area (Å²) in [6.07, 6.45) is 2.01. The summed E-state index contributed by atoms with van der Waals surface area (Å²) in [4.78, 5) is 12.6. The summed E-state index contributed by atoms with van der Waals surface area (Å²) in [7, 11) is 1.39. The van der Waals surface area contributed by atoms with Gasteiger partial charge >= 0.3 is 5.97 Å². The van der Waals surface area contributed by atoms with E-state index in [4.69, 9.17) is 0 Å². The van der Waals surface area contributed by atoms with E-state index in [-0.39, 0.29) is 11.7 Å². The molecule has 0 amide bonds. The van der Waals surface area contributed by atoms with Crippen molar-refractivity contribution in [3.63, 3.8) is 0 Å². The highest BCUT2D eigenvalue weighted by Gasteiger charge is 2.16. The van der Waals surface area contributed by atoms with E-state index in [1.165, 1.54) is 23.7 Å². The maximum absolute atomic E-state index is 11.3. The van der Waals surface area contributed by atoms with Crippen LogP contribution in [0.15, 0.2) is 16.6 Å². The molecule has 0 atom stereocenters. The maximum atomic E-state index is 11.3. The topological polar surface area (TPSA) is 57.0 Å². The van der Waals surface area contributed by atoms with Gasteiger partial charge in [-0.15, -0.1) is 21.5 Å². The molecule has 7 heteroatoms. The van der Waals surface area contributed by atoms with Crippen LogP contribution in [-0.4, -0.2) is 33.6 Å². The van der Waals surface area contributed by atoms with Gasteiger partial charge in [-0.1, -0.05) is 25.6 Å². The first-order valence-corrected chi connectivity index (χ1v) is 8.76. The molecule has 0 unspecified atom stereocenters. The highest BCUT2D eigenvalue weighted by Crippen LogP contribution is 2.28. The Hall–Kier alpha value is -1.34. The van der Waals surface area contributed by atoms with E-state index in [0.29, 0.717) is 0 Å². The van der Waals surface area contributed by atoms with Crippen LogP contribution in [0.1, 0.15) is 25.1 Å². The van der Waals surface area contributed by atoms with Gasteiger partial charge in [0.1, 0.15) is 0 Å². The van der Waals surface area contributed by atoms with Crippen LogP contribution in [0, 0.1) is 0 Å². The van der Waals surface area contributed by atoms with Gasteiger partial charge in [0.2, 0.25) is 0 Å². The number of carbonyl (C=O) groups excluding carboxylic acids is 1. The van der Waals surface area contributed by atoms with Crippen LogP contribution in [0.4, 0.5) is 0 Å². The van der Waals surface area contributed by atoms with Crippen molar-refractivity contribution in [1.82, 2.24) is 14.8 Å². The number of rotatable bonds is 7. The van der Waals surface area contributed by atoms with Crippen molar-refractivity contribution in [2.75, 3.05) is 12.9 Å². The minimum Gasteiger partial charge on any atom is -0.468 e. The van der Waals surface area contributed by atoms with E-state index in [2.05, 4.69) is 44.8 Å². The van der Waals surface area contributed by atoms with E-state index >= 15 is 0 Å². The fourth-order valence-corrected chi connectivity index (χ4v) is 3.51. The number of methoxy groups -OCH3 is 1. The fraction of sp³-hybridized carbons (Fsp3) is 0.500. The number of hydrogen-bond donors (Lipinski definition) is 0. The van der Waals surface area contributed by atoms with Gasteiger partial charge in [-0.3, -0.25) is 4.79 Å². The molecular weight excluding hydrogens is 306 g/mol. The van der Waals surface area contributed by atoms with Crippen LogP contribution in [-0.2, 0) is 22.5 Å². The Labute approximate surface area is 132 Å². The van der Waals surface area contributed by atoms with Crippen molar-refractivity contribution in [1.29, 1.82) is 0 Å². The third-order valence-electron chi connectivity index (χ3n) is 2.97. The summed E-state index contributed by atoms with van der Waals surface area (Å²) < 4.78 is 6.74. The number of thioether (sulfide) groups is 1. The summed E-state index contributed by atoms with van der Waals surface area (Å²) in [5.41, 5.74) is 1.10. The van der Waals surface area contributed by atoms with Gasteiger partial charge in [0.15, 0.2) is 11.0 Å². The van der Waals surface area contributed by atoms with Crippen LogP contribution in [0.2, 0.25) is 0 Å². The Morgan fingerprint density at radius 2 is 2.24 bits per heavy atom. The van der Waals surface area contributed by atoms with Crippen molar-refractivity contribution in [3.8, 4) is 11.4 Å². The number of hydrogen-bond acceptors (Lipinski definition) is 6. The summed E-state index contributed by atoms with van der Waals surface area (Å²) in [6, 6.07) is 2.16. The average molecular weight is 325 g/mol. The average Bonchev–Trinajstić information content (AvgIpc) is 3.11. The second kappa shape index (κ2) is 7.61. The molecule has 0 radical (unpaired) electrons. The Bertz CT molecular complexity index is 607. The van der Waals surface area contributed by atoms with E-state index in [1.807, 2.05) is 0 Å². The molecule has 2 rings (SSSR count). The van der Waals surface area contributed by atoms with Crippen molar-refractivity contribution >= 4 is 29.1 Å². The number of nitrogens with zero attached hydrogens (tertiary/aromatic N) is 3. The molecule has 0 aromatic carbocycles. The lowest BCUT2D eigenvalue weighted by Gasteiger charge is -2.07. The first-order chi connectivity index (χ1) is 10.2. The van der Waals surface area contributed by atoms with E-state index < -0.39 is 0 Å². The molecule has 21 heavy (non-hydrogen) atoms. The minimum absolute atomic E-state index is 0.252. The van der Waals surface area contributed by atoms with E-state index in [1.54, 1.807) is 11.3 Å². The lowest BCUT2D eigenvalue weighted by Crippen LogP contribution is -2.06. The van der Waals surface area contributed by atoms with Gasteiger partial charge < -0.3 is 9.30 Å². The molecule has 0 saturated heterocycles. The van der Waals surface area contributed by atoms with Crippen LogP contribution < -0.4 is 0 Å². The monoisotopic (exact) mass is 325 g/mol.